The second-order valence-electron chi connectivity index (χ2n) is 5.43. The molecule has 1 aliphatic carbocycles. The predicted molar refractivity (Wildman–Crippen MR) is 82.3 cm³/mol. The molecule has 2 fully saturated rings. The molecule has 0 unspecified atom stereocenters. The van der Waals surface area contributed by atoms with E-state index >= 15 is 0 Å². The maximum Gasteiger partial charge on any atom is 0.246 e. The normalized spacial score (nSPS) is 27.3. The van der Waals surface area contributed by atoms with E-state index in [4.69, 9.17) is 27.9 Å². The fourth-order valence-electron chi connectivity index (χ4n) is 3.21. The molecule has 0 amide bonds. The van der Waals surface area contributed by atoms with Crippen LogP contribution in [0.3, 0.4) is 0 Å². The molecule has 1 saturated carbocycles. The Hall–Kier alpha value is -0.330. The Kier molecular flexibility index (Phi) is 4.48. The number of halogens is 2. The van der Waals surface area contributed by atoms with Crippen molar-refractivity contribution < 1.29 is 13.2 Å². The lowest BCUT2D eigenvalue weighted by molar-refractivity contribution is -0.0586. The third kappa shape index (κ3) is 2.82. The largest absolute Gasteiger partial charge is 0.375 e. The van der Waals surface area contributed by atoms with Crippen molar-refractivity contribution in [1.29, 1.82) is 0 Å². The van der Waals surface area contributed by atoms with Gasteiger partial charge in [0.15, 0.2) is 0 Å². The molecule has 0 N–H and O–H groups in total. The Morgan fingerprint density at radius 1 is 1.14 bits per heavy atom. The van der Waals surface area contributed by atoms with Gasteiger partial charge in [-0.1, -0.05) is 42.1 Å². The minimum atomic E-state index is -3.70. The van der Waals surface area contributed by atoms with Crippen LogP contribution >= 0.6 is 23.2 Å². The van der Waals surface area contributed by atoms with Gasteiger partial charge in [0.25, 0.3) is 0 Å². The van der Waals surface area contributed by atoms with Crippen molar-refractivity contribution in [2.75, 3.05) is 13.2 Å². The van der Waals surface area contributed by atoms with Crippen molar-refractivity contribution in [1.82, 2.24) is 4.31 Å². The van der Waals surface area contributed by atoms with Gasteiger partial charge < -0.3 is 4.74 Å². The summed E-state index contributed by atoms with van der Waals surface area (Å²) in [5, 5.41) is 0.336. The Balaban J connectivity index is 2.01. The molecule has 0 spiro atoms. The van der Waals surface area contributed by atoms with Gasteiger partial charge in [-0.25, -0.2) is 8.42 Å². The third-order valence-electron chi connectivity index (χ3n) is 4.17. The number of hydrogen-bond donors (Lipinski definition) is 0. The van der Waals surface area contributed by atoms with Crippen LogP contribution in [-0.2, 0) is 14.8 Å². The molecule has 1 aliphatic heterocycles. The highest BCUT2D eigenvalue weighted by Crippen LogP contribution is 2.36. The molecule has 2 atom stereocenters. The van der Waals surface area contributed by atoms with Gasteiger partial charge in [-0.3, -0.25) is 0 Å². The van der Waals surface area contributed by atoms with Gasteiger partial charge in [-0.05, 0) is 25.0 Å². The van der Waals surface area contributed by atoms with Crippen molar-refractivity contribution in [2.24, 2.45) is 0 Å². The van der Waals surface area contributed by atoms with E-state index in [1.54, 1.807) is 18.2 Å². The van der Waals surface area contributed by atoms with E-state index in [0.717, 1.165) is 25.7 Å². The molecule has 7 heteroatoms. The Bertz CT molecular complexity index is 613. The van der Waals surface area contributed by atoms with Crippen LogP contribution in [0.25, 0.3) is 0 Å². The van der Waals surface area contributed by atoms with Gasteiger partial charge in [-0.2, -0.15) is 4.31 Å². The zero-order valence-corrected chi connectivity index (χ0v) is 13.8. The first kappa shape index (κ1) is 15.6. The van der Waals surface area contributed by atoms with E-state index in [-0.39, 0.29) is 27.1 Å². The molecule has 1 saturated heterocycles. The topological polar surface area (TPSA) is 46.6 Å². The molecule has 3 rings (SSSR count). The molecular formula is C14H17Cl2NO3S. The zero-order chi connectivity index (χ0) is 15.0. The lowest BCUT2D eigenvalue weighted by Gasteiger charge is -2.42. The summed E-state index contributed by atoms with van der Waals surface area (Å²) >= 11 is 12.2. The van der Waals surface area contributed by atoms with Crippen LogP contribution < -0.4 is 0 Å². The van der Waals surface area contributed by atoms with Gasteiger partial charge in [0.1, 0.15) is 4.90 Å². The van der Waals surface area contributed by atoms with Gasteiger partial charge in [0.05, 0.1) is 28.8 Å². The number of hydrogen-bond acceptors (Lipinski definition) is 3. The zero-order valence-electron chi connectivity index (χ0n) is 11.5. The number of sulfonamides is 1. The van der Waals surface area contributed by atoms with Crippen molar-refractivity contribution in [3.63, 3.8) is 0 Å². The first-order valence-corrected chi connectivity index (χ1v) is 9.29. The van der Waals surface area contributed by atoms with Gasteiger partial charge in [0.2, 0.25) is 10.0 Å². The maximum atomic E-state index is 13.0. The fraction of sp³-hybridized carbons (Fsp3) is 0.571. The van der Waals surface area contributed by atoms with Crippen molar-refractivity contribution in [3.8, 4) is 0 Å². The summed E-state index contributed by atoms with van der Waals surface area (Å²) in [6.45, 7) is 0.771. The summed E-state index contributed by atoms with van der Waals surface area (Å²) in [5.74, 6) is 0. The third-order valence-corrected chi connectivity index (χ3v) is 7.05. The van der Waals surface area contributed by atoms with Gasteiger partial charge in [0, 0.05) is 6.54 Å². The minimum absolute atomic E-state index is 0.0106. The van der Waals surface area contributed by atoms with Crippen LogP contribution in [0.15, 0.2) is 23.1 Å². The van der Waals surface area contributed by atoms with Crippen LogP contribution in [0.4, 0.5) is 0 Å². The summed E-state index contributed by atoms with van der Waals surface area (Å²) in [4.78, 5) is 0.0135. The molecule has 0 aromatic heterocycles. The quantitative estimate of drug-likeness (QED) is 0.822. The number of ether oxygens (including phenoxy) is 1. The SMILES string of the molecule is O=S(=O)(c1c(Cl)cccc1Cl)N1CCO[C@@H]2CCCC[C@H]21. The second-order valence-corrected chi connectivity index (χ2v) is 8.07. The highest BCUT2D eigenvalue weighted by atomic mass is 35.5. The molecule has 0 bridgehead atoms. The second kappa shape index (κ2) is 6.05. The number of fused-ring (bicyclic) bond motifs is 1. The summed E-state index contributed by atoms with van der Waals surface area (Å²) in [5.41, 5.74) is 0. The van der Waals surface area contributed by atoms with Crippen LogP contribution in [0.1, 0.15) is 25.7 Å². The van der Waals surface area contributed by atoms with Gasteiger partial charge >= 0.3 is 0 Å². The molecule has 116 valence electrons. The molecular weight excluding hydrogens is 333 g/mol. The van der Waals surface area contributed by atoms with Crippen LogP contribution in [0, 0.1) is 0 Å². The molecule has 2 aliphatic rings. The molecule has 4 nitrogen and oxygen atoms in total. The molecule has 1 aromatic rings. The summed E-state index contributed by atoms with van der Waals surface area (Å²) in [6.07, 6.45) is 3.83. The van der Waals surface area contributed by atoms with E-state index in [1.165, 1.54) is 4.31 Å². The smallest absolute Gasteiger partial charge is 0.246 e. The first-order chi connectivity index (χ1) is 10.0. The minimum Gasteiger partial charge on any atom is -0.375 e. The van der Waals surface area contributed by atoms with Crippen molar-refractivity contribution >= 4 is 33.2 Å². The molecule has 21 heavy (non-hydrogen) atoms. The monoisotopic (exact) mass is 349 g/mol. The van der Waals surface area contributed by atoms with E-state index < -0.39 is 10.0 Å². The number of rotatable bonds is 2. The highest BCUT2D eigenvalue weighted by molar-refractivity contribution is 7.89. The predicted octanol–water partition coefficient (Wildman–Crippen LogP) is 3.33. The highest BCUT2D eigenvalue weighted by Gasteiger charge is 2.42. The Morgan fingerprint density at radius 3 is 2.52 bits per heavy atom. The van der Waals surface area contributed by atoms with Crippen LogP contribution in [0.5, 0.6) is 0 Å². The Morgan fingerprint density at radius 2 is 1.81 bits per heavy atom. The van der Waals surface area contributed by atoms with Crippen molar-refractivity contribution in [2.45, 2.75) is 42.7 Å². The molecule has 1 heterocycles. The summed E-state index contributed by atoms with van der Waals surface area (Å²) in [6, 6.07) is 4.65. The molecule has 1 aromatic carbocycles. The Labute approximate surface area is 135 Å². The first-order valence-electron chi connectivity index (χ1n) is 7.09. The van der Waals surface area contributed by atoms with E-state index in [1.807, 2.05) is 0 Å². The number of morpholine rings is 1. The lowest BCUT2D eigenvalue weighted by Crippen LogP contribution is -2.54. The number of nitrogens with zero attached hydrogens (tertiary/aromatic N) is 1. The summed E-state index contributed by atoms with van der Waals surface area (Å²) < 4.78 is 33.2. The number of benzene rings is 1. The maximum absolute atomic E-state index is 13.0. The standard InChI is InChI=1S/C14H17Cl2NO3S/c15-10-4-3-5-11(16)14(10)21(18,19)17-8-9-20-13-7-2-1-6-12(13)17/h3-5,12-13H,1-2,6-9H2/t12-,13-/m1/s1. The fourth-order valence-corrected chi connectivity index (χ4v) is 5.96. The van der Waals surface area contributed by atoms with E-state index in [2.05, 4.69) is 0 Å². The van der Waals surface area contributed by atoms with E-state index in [9.17, 15) is 8.42 Å². The average molecular weight is 350 g/mol. The van der Waals surface area contributed by atoms with E-state index in [0.29, 0.717) is 13.2 Å². The van der Waals surface area contributed by atoms with Crippen LogP contribution in [0.2, 0.25) is 10.0 Å². The van der Waals surface area contributed by atoms with Gasteiger partial charge in [-0.15, -0.1) is 0 Å². The lowest BCUT2D eigenvalue weighted by atomic mass is 9.91. The average Bonchev–Trinajstić information content (AvgIpc) is 2.46. The molecule has 0 radical (unpaired) electrons. The summed E-state index contributed by atoms with van der Waals surface area (Å²) in [7, 11) is -3.70. The van der Waals surface area contributed by atoms with Crippen molar-refractivity contribution in [3.05, 3.63) is 28.2 Å². The van der Waals surface area contributed by atoms with Crippen LogP contribution in [-0.4, -0.2) is 38.0 Å².